The molecular formula is C21H26O5. The second kappa shape index (κ2) is 7.16. The van der Waals surface area contributed by atoms with Crippen LogP contribution in [0.15, 0.2) is 41.5 Å². The molecule has 0 radical (unpaired) electrons. The number of allylic oxidation sites excluding steroid dienone is 2. The van der Waals surface area contributed by atoms with Crippen LogP contribution in [0.4, 0.5) is 0 Å². The standard InChI is InChI=1S/C21H26O5/c1-13-5-4-6-14-11-18(25-20(14)24)16-12-15(8-9-17(16)22)26-21(2,3)19(23)10-7-13/h5,8-9,11-12,18-19,22-23H,4,6-7,10H2,1-3H3/t18-,19-/m0/s1. The van der Waals surface area contributed by atoms with Gasteiger partial charge in [-0.05, 0) is 70.7 Å². The quantitative estimate of drug-likeness (QED) is 0.542. The van der Waals surface area contributed by atoms with Crippen LogP contribution in [-0.2, 0) is 9.53 Å². The van der Waals surface area contributed by atoms with Crippen molar-refractivity contribution in [1.29, 1.82) is 0 Å². The average Bonchev–Trinajstić information content (AvgIpc) is 2.94. The highest BCUT2D eigenvalue weighted by Crippen LogP contribution is 2.38. The van der Waals surface area contributed by atoms with Crippen LogP contribution in [0, 0.1) is 0 Å². The van der Waals surface area contributed by atoms with Crippen LogP contribution in [0.2, 0.25) is 0 Å². The monoisotopic (exact) mass is 358 g/mol. The lowest BCUT2D eigenvalue weighted by Crippen LogP contribution is -2.42. The molecule has 3 rings (SSSR count). The van der Waals surface area contributed by atoms with Gasteiger partial charge in [0.25, 0.3) is 0 Å². The van der Waals surface area contributed by atoms with Crippen LogP contribution in [0.3, 0.4) is 0 Å². The van der Waals surface area contributed by atoms with E-state index in [2.05, 4.69) is 6.08 Å². The number of esters is 1. The Hall–Kier alpha value is -2.27. The van der Waals surface area contributed by atoms with Gasteiger partial charge in [-0.15, -0.1) is 0 Å². The summed E-state index contributed by atoms with van der Waals surface area (Å²) in [6, 6.07) is 4.85. The third-order valence-electron chi connectivity index (χ3n) is 5.06. The van der Waals surface area contributed by atoms with Gasteiger partial charge in [0.2, 0.25) is 0 Å². The van der Waals surface area contributed by atoms with Gasteiger partial charge in [-0.1, -0.05) is 11.6 Å². The number of hydrogen-bond donors (Lipinski definition) is 2. The van der Waals surface area contributed by atoms with E-state index in [1.807, 2.05) is 20.8 Å². The van der Waals surface area contributed by atoms with Crippen molar-refractivity contribution in [2.75, 3.05) is 0 Å². The molecule has 0 saturated carbocycles. The third-order valence-corrected chi connectivity index (χ3v) is 5.06. The number of hydrogen-bond acceptors (Lipinski definition) is 5. The first kappa shape index (κ1) is 18.5. The zero-order valence-corrected chi connectivity index (χ0v) is 15.5. The maximum atomic E-state index is 12.1. The van der Waals surface area contributed by atoms with Gasteiger partial charge in [0.05, 0.1) is 6.10 Å². The molecular weight excluding hydrogens is 332 g/mol. The molecule has 5 nitrogen and oxygen atoms in total. The van der Waals surface area contributed by atoms with Crippen molar-refractivity contribution in [3.8, 4) is 11.5 Å². The van der Waals surface area contributed by atoms with Gasteiger partial charge in [-0.25, -0.2) is 4.79 Å². The summed E-state index contributed by atoms with van der Waals surface area (Å²) in [5, 5.41) is 20.8. The number of aliphatic hydroxyl groups excluding tert-OH is 1. The van der Waals surface area contributed by atoms with Gasteiger partial charge < -0.3 is 19.7 Å². The minimum absolute atomic E-state index is 0.0473. The van der Waals surface area contributed by atoms with Crippen LogP contribution in [0.5, 0.6) is 11.5 Å². The smallest absolute Gasteiger partial charge is 0.334 e. The van der Waals surface area contributed by atoms with E-state index in [9.17, 15) is 15.0 Å². The number of aliphatic hydroxyl groups is 1. The number of carbonyl (C=O) groups is 1. The lowest BCUT2D eigenvalue weighted by Gasteiger charge is -2.32. The highest BCUT2D eigenvalue weighted by atomic mass is 16.5. The maximum Gasteiger partial charge on any atom is 0.334 e. The van der Waals surface area contributed by atoms with Gasteiger partial charge in [0.15, 0.2) is 0 Å². The highest BCUT2D eigenvalue weighted by Gasteiger charge is 2.32. The first-order valence-corrected chi connectivity index (χ1v) is 9.03. The van der Waals surface area contributed by atoms with Gasteiger partial charge in [0, 0.05) is 11.1 Å². The van der Waals surface area contributed by atoms with E-state index in [4.69, 9.17) is 9.47 Å². The van der Waals surface area contributed by atoms with Crippen molar-refractivity contribution in [3.63, 3.8) is 0 Å². The molecule has 0 saturated heterocycles. The molecule has 1 aromatic rings. The Morgan fingerprint density at radius 2 is 2.00 bits per heavy atom. The highest BCUT2D eigenvalue weighted by molar-refractivity contribution is 5.91. The average molecular weight is 358 g/mol. The second-order valence-corrected chi connectivity index (χ2v) is 7.59. The predicted octanol–water partition coefficient (Wildman–Crippen LogP) is 3.96. The van der Waals surface area contributed by atoms with Crippen molar-refractivity contribution >= 4 is 5.97 Å². The Morgan fingerprint density at radius 1 is 1.23 bits per heavy atom. The fraction of sp³-hybridized carbons (Fsp3) is 0.476. The molecule has 0 unspecified atom stereocenters. The normalized spacial score (nSPS) is 25.9. The fourth-order valence-corrected chi connectivity index (χ4v) is 3.30. The van der Waals surface area contributed by atoms with E-state index in [1.54, 1.807) is 18.2 Å². The zero-order chi connectivity index (χ0) is 18.9. The topological polar surface area (TPSA) is 76.0 Å². The molecule has 26 heavy (non-hydrogen) atoms. The second-order valence-electron chi connectivity index (χ2n) is 7.59. The Labute approximate surface area is 153 Å². The summed E-state index contributed by atoms with van der Waals surface area (Å²) in [6.45, 7) is 5.72. The Bertz CT molecular complexity index is 760. The molecule has 0 spiro atoms. The summed E-state index contributed by atoms with van der Waals surface area (Å²) in [5.74, 6) is 0.225. The van der Waals surface area contributed by atoms with Gasteiger partial charge in [-0.2, -0.15) is 0 Å². The lowest BCUT2D eigenvalue weighted by atomic mass is 9.95. The summed E-state index contributed by atoms with van der Waals surface area (Å²) in [7, 11) is 0. The van der Waals surface area contributed by atoms with Gasteiger partial charge >= 0.3 is 5.97 Å². The van der Waals surface area contributed by atoms with Crippen LogP contribution in [-0.4, -0.2) is 27.9 Å². The SMILES string of the molecule is CC1=CCCC2=C[C@H](OC2=O)c2cc(ccc2O)OC(C)(C)[C@@H](O)CC1. The fourth-order valence-electron chi connectivity index (χ4n) is 3.30. The predicted molar refractivity (Wildman–Crippen MR) is 98.0 cm³/mol. The molecule has 2 atom stereocenters. The number of carbonyl (C=O) groups excluding carboxylic acids is 1. The zero-order valence-electron chi connectivity index (χ0n) is 15.5. The van der Waals surface area contributed by atoms with Crippen molar-refractivity contribution in [1.82, 2.24) is 0 Å². The summed E-state index contributed by atoms with van der Waals surface area (Å²) in [4.78, 5) is 12.1. The third kappa shape index (κ3) is 3.93. The first-order valence-electron chi connectivity index (χ1n) is 9.03. The molecule has 1 aromatic carbocycles. The molecule has 2 N–H and O–H groups in total. The number of aromatic hydroxyl groups is 1. The summed E-state index contributed by atoms with van der Waals surface area (Å²) < 4.78 is 11.4. The van der Waals surface area contributed by atoms with E-state index in [1.165, 1.54) is 11.6 Å². The lowest BCUT2D eigenvalue weighted by molar-refractivity contribution is -0.140. The molecule has 0 fully saturated rings. The van der Waals surface area contributed by atoms with Crippen molar-refractivity contribution in [2.24, 2.45) is 0 Å². The Balaban J connectivity index is 1.98. The number of phenols is 1. The number of ether oxygens (including phenoxy) is 2. The Morgan fingerprint density at radius 3 is 2.77 bits per heavy atom. The van der Waals surface area contributed by atoms with Gasteiger partial charge in [0.1, 0.15) is 23.2 Å². The van der Waals surface area contributed by atoms with Crippen molar-refractivity contribution in [2.45, 2.75) is 64.3 Å². The maximum absolute atomic E-state index is 12.1. The summed E-state index contributed by atoms with van der Waals surface area (Å²) >= 11 is 0. The van der Waals surface area contributed by atoms with Crippen LogP contribution in [0.1, 0.15) is 58.1 Å². The van der Waals surface area contributed by atoms with E-state index < -0.39 is 17.8 Å². The minimum Gasteiger partial charge on any atom is -0.508 e. The van der Waals surface area contributed by atoms with E-state index >= 15 is 0 Å². The summed E-state index contributed by atoms with van der Waals surface area (Å²) in [5.41, 5.74) is 1.50. The Kier molecular flexibility index (Phi) is 5.10. The molecule has 2 aliphatic rings. The molecule has 2 heterocycles. The minimum atomic E-state index is -0.790. The van der Waals surface area contributed by atoms with Crippen LogP contribution in [0.25, 0.3) is 0 Å². The van der Waals surface area contributed by atoms with Crippen molar-refractivity contribution < 1.29 is 24.5 Å². The molecule has 2 aliphatic heterocycles. The van der Waals surface area contributed by atoms with E-state index in [0.29, 0.717) is 29.7 Å². The molecule has 140 valence electrons. The van der Waals surface area contributed by atoms with Crippen LogP contribution < -0.4 is 4.74 Å². The molecule has 0 amide bonds. The number of rotatable bonds is 0. The molecule has 4 bridgehead atoms. The van der Waals surface area contributed by atoms with Crippen LogP contribution >= 0.6 is 0 Å². The number of phenolic OH excluding ortho intramolecular Hbond substituents is 1. The largest absolute Gasteiger partial charge is 0.508 e. The van der Waals surface area contributed by atoms with Gasteiger partial charge in [-0.3, -0.25) is 0 Å². The van der Waals surface area contributed by atoms with E-state index in [0.717, 1.165) is 12.8 Å². The first-order chi connectivity index (χ1) is 12.3. The molecule has 0 aliphatic carbocycles. The molecule has 0 aromatic heterocycles. The van der Waals surface area contributed by atoms with Crippen molar-refractivity contribution in [3.05, 3.63) is 47.1 Å². The summed E-state index contributed by atoms with van der Waals surface area (Å²) in [6.07, 6.45) is 5.30. The number of fused-ring (bicyclic) bond motifs is 4. The molecule has 5 heteroatoms. The van der Waals surface area contributed by atoms with E-state index in [-0.39, 0.29) is 11.7 Å². The number of benzene rings is 1.